The molecule has 4 nitrogen and oxygen atoms in total. The Morgan fingerprint density at radius 2 is 1.87 bits per heavy atom. The maximum atomic E-state index is 12.7. The first-order valence-electron chi connectivity index (χ1n) is 8.01. The normalized spacial score (nSPS) is 26.0. The van der Waals surface area contributed by atoms with E-state index in [0.717, 1.165) is 37.2 Å². The molecule has 0 spiro atoms. The van der Waals surface area contributed by atoms with Gasteiger partial charge in [-0.1, -0.05) is 30.3 Å². The quantitative estimate of drug-likeness (QED) is 0.888. The fraction of sp³-hybridized carbons (Fsp3) is 0.389. The van der Waals surface area contributed by atoms with E-state index in [4.69, 9.17) is 5.73 Å². The van der Waals surface area contributed by atoms with Crippen molar-refractivity contribution < 1.29 is 4.79 Å². The van der Waals surface area contributed by atoms with Gasteiger partial charge >= 0.3 is 0 Å². The van der Waals surface area contributed by atoms with Crippen molar-refractivity contribution in [3.05, 3.63) is 48.2 Å². The second-order valence-corrected chi connectivity index (χ2v) is 6.53. The summed E-state index contributed by atoms with van der Waals surface area (Å²) in [6.45, 7) is 1.67. The van der Waals surface area contributed by atoms with Crippen LogP contribution in [0.5, 0.6) is 0 Å². The molecule has 2 aliphatic rings. The van der Waals surface area contributed by atoms with Gasteiger partial charge in [0.2, 0.25) is 0 Å². The van der Waals surface area contributed by atoms with Gasteiger partial charge < -0.3 is 15.6 Å². The molecule has 1 aliphatic carbocycles. The number of carbonyl (C=O) groups is 1. The van der Waals surface area contributed by atoms with Gasteiger partial charge in [0, 0.05) is 24.8 Å². The zero-order chi connectivity index (χ0) is 15.1. The molecule has 1 saturated heterocycles. The Bertz CT molecular complexity index is 685. The van der Waals surface area contributed by atoms with E-state index >= 15 is 0 Å². The minimum atomic E-state index is 0. The Morgan fingerprint density at radius 3 is 2.61 bits per heavy atom. The van der Waals surface area contributed by atoms with Gasteiger partial charge in [0.15, 0.2) is 0 Å². The van der Waals surface area contributed by atoms with Gasteiger partial charge in [-0.2, -0.15) is 0 Å². The fourth-order valence-corrected chi connectivity index (χ4v) is 3.95. The number of nitrogens with zero attached hydrogens (tertiary/aromatic N) is 1. The molecule has 1 amide bonds. The summed E-state index contributed by atoms with van der Waals surface area (Å²) in [6.07, 6.45) is 2.27. The van der Waals surface area contributed by atoms with Crippen LogP contribution in [0.25, 0.3) is 11.3 Å². The summed E-state index contributed by atoms with van der Waals surface area (Å²) in [4.78, 5) is 17.9. The zero-order valence-electron chi connectivity index (χ0n) is 12.9. The Labute approximate surface area is 142 Å². The van der Waals surface area contributed by atoms with E-state index in [1.165, 1.54) is 0 Å². The molecule has 1 saturated carbocycles. The van der Waals surface area contributed by atoms with Gasteiger partial charge in [-0.05, 0) is 42.4 Å². The molecule has 1 aliphatic heterocycles. The van der Waals surface area contributed by atoms with Crippen LogP contribution in [0.1, 0.15) is 23.3 Å². The third-order valence-electron chi connectivity index (χ3n) is 5.20. The first-order valence-corrected chi connectivity index (χ1v) is 8.01. The monoisotopic (exact) mass is 331 g/mol. The molecule has 1 aromatic carbocycles. The summed E-state index contributed by atoms with van der Waals surface area (Å²) in [7, 11) is 0. The highest BCUT2D eigenvalue weighted by Crippen LogP contribution is 2.37. The number of hydrogen-bond donors (Lipinski definition) is 2. The number of fused-ring (bicyclic) bond motifs is 1. The molecule has 4 rings (SSSR count). The van der Waals surface area contributed by atoms with Crippen molar-refractivity contribution in [3.8, 4) is 11.3 Å². The van der Waals surface area contributed by atoms with Crippen molar-refractivity contribution >= 4 is 18.3 Å². The van der Waals surface area contributed by atoms with Crippen LogP contribution in [-0.4, -0.2) is 34.9 Å². The Morgan fingerprint density at radius 1 is 1.09 bits per heavy atom. The molecule has 3 N–H and O–H groups in total. The predicted molar refractivity (Wildman–Crippen MR) is 93.6 cm³/mol. The summed E-state index contributed by atoms with van der Waals surface area (Å²) in [5, 5.41) is 0. The highest BCUT2D eigenvalue weighted by Gasteiger charge is 2.42. The van der Waals surface area contributed by atoms with Crippen LogP contribution in [0.3, 0.4) is 0 Å². The smallest absolute Gasteiger partial charge is 0.270 e. The number of amides is 1. The molecule has 5 heteroatoms. The molecule has 3 atom stereocenters. The average Bonchev–Trinajstić information content (AvgIpc) is 3.25. The molecule has 0 bridgehead atoms. The second kappa shape index (κ2) is 6.38. The number of benzene rings is 1. The molecule has 1 aromatic heterocycles. The highest BCUT2D eigenvalue weighted by atomic mass is 35.5. The number of nitrogens with two attached hydrogens (primary N) is 1. The number of carbonyl (C=O) groups excluding carboxylic acids is 1. The SMILES string of the molecule is Cl.NC1CCC2CN(C(=O)c3ccc(-c4ccccc4)[nH]3)CC12. The first-order chi connectivity index (χ1) is 10.7. The second-order valence-electron chi connectivity index (χ2n) is 6.53. The summed E-state index contributed by atoms with van der Waals surface area (Å²) < 4.78 is 0. The van der Waals surface area contributed by atoms with Crippen molar-refractivity contribution in [1.82, 2.24) is 9.88 Å². The minimum Gasteiger partial charge on any atom is -0.351 e. The molecule has 2 heterocycles. The summed E-state index contributed by atoms with van der Waals surface area (Å²) in [6, 6.07) is 14.2. The summed E-state index contributed by atoms with van der Waals surface area (Å²) >= 11 is 0. The van der Waals surface area contributed by atoms with Crippen LogP contribution in [-0.2, 0) is 0 Å². The van der Waals surface area contributed by atoms with E-state index in [1.54, 1.807) is 0 Å². The zero-order valence-corrected chi connectivity index (χ0v) is 13.8. The number of nitrogens with one attached hydrogen (secondary N) is 1. The maximum Gasteiger partial charge on any atom is 0.270 e. The third-order valence-corrected chi connectivity index (χ3v) is 5.20. The van der Waals surface area contributed by atoms with Crippen molar-refractivity contribution in [2.75, 3.05) is 13.1 Å². The fourth-order valence-electron chi connectivity index (χ4n) is 3.95. The lowest BCUT2D eigenvalue weighted by atomic mass is 9.98. The van der Waals surface area contributed by atoms with Crippen molar-refractivity contribution in [1.29, 1.82) is 0 Å². The molecule has 2 fully saturated rings. The molecule has 3 unspecified atom stereocenters. The average molecular weight is 332 g/mol. The standard InChI is InChI=1S/C18H21N3O.ClH/c19-15-7-6-13-10-21(11-14(13)15)18(22)17-9-8-16(20-17)12-4-2-1-3-5-12;/h1-5,8-9,13-15,20H,6-7,10-11,19H2;1H. The Balaban J connectivity index is 0.00000156. The molecular formula is C18H22ClN3O. The van der Waals surface area contributed by atoms with Crippen LogP contribution in [0.2, 0.25) is 0 Å². The number of hydrogen-bond acceptors (Lipinski definition) is 2. The van der Waals surface area contributed by atoms with Gasteiger partial charge in [-0.15, -0.1) is 12.4 Å². The van der Waals surface area contributed by atoms with Crippen LogP contribution >= 0.6 is 12.4 Å². The van der Waals surface area contributed by atoms with Crippen molar-refractivity contribution in [3.63, 3.8) is 0 Å². The number of likely N-dealkylation sites (tertiary alicyclic amines) is 1. The van der Waals surface area contributed by atoms with Crippen LogP contribution in [0.15, 0.2) is 42.5 Å². The molecular weight excluding hydrogens is 310 g/mol. The predicted octanol–water partition coefficient (Wildman–Crippen LogP) is 2.91. The lowest BCUT2D eigenvalue weighted by Crippen LogP contribution is -2.33. The highest BCUT2D eigenvalue weighted by molar-refractivity contribution is 5.93. The van der Waals surface area contributed by atoms with E-state index < -0.39 is 0 Å². The van der Waals surface area contributed by atoms with Gasteiger partial charge in [0.1, 0.15) is 5.69 Å². The Kier molecular flexibility index (Phi) is 4.46. The van der Waals surface area contributed by atoms with Gasteiger partial charge in [-0.3, -0.25) is 4.79 Å². The summed E-state index contributed by atoms with van der Waals surface area (Å²) in [5.41, 5.74) is 8.91. The van der Waals surface area contributed by atoms with E-state index in [-0.39, 0.29) is 24.4 Å². The number of halogens is 1. The number of rotatable bonds is 2. The van der Waals surface area contributed by atoms with Crippen LogP contribution in [0.4, 0.5) is 0 Å². The molecule has 23 heavy (non-hydrogen) atoms. The van der Waals surface area contributed by atoms with Crippen LogP contribution in [0, 0.1) is 11.8 Å². The third kappa shape index (κ3) is 2.89. The number of H-pyrrole nitrogens is 1. The molecule has 0 radical (unpaired) electrons. The molecule has 2 aromatic rings. The minimum absolute atomic E-state index is 0. The lowest BCUT2D eigenvalue weighted by molar-refractivity contribution is 0.0774. The van der Waals surface area contributed by atoms with E-state index in [0.29, 0.717) is 17.5 Å². The molecule has 122 valence electrons. The number of aromatic nitrogens is 1. The van der Waals surface area contributed by atoms with E-state index in [9.17, 15) is 4.79 Å². The number of aromatic amines is 1. The van der Waals surface area contributed by atoms with Crippen LogP contribution < -0.4 is 5.73 Å². The maximum absolute atomic E-state index is 12.7. The first kappa shape index (κ1) is 16.1. The van der Waals surface area contributed by atoms with Gasteiger partial charge in [0.25, 0.3) is 5.91 Å². The topological polar surface area (TPSA) is 62.1 Å². The van der Waals surface area contributed by atoms with E-state index in [2.05, 4.69) is 4.98 Å². The Hall–Kier alpha value is -1.78. The van der Waals surface area contributed by atoms with Gasteiger partial charge in [0.05, 0.1) is 0 Å². The van der Waals surface area contributed by atoms with Crippen molar-refractivity contribution in [2.24, 2.45) is 17.6 Å². The van der Waals surface area contributed by atoms with Crippen molar-refractivity contribution in [2.45, 2.75) is 18.9 Å². The largest absolute Gasteiger partial charge is 0.351 e. The van der Waals surface area contributed by atoms with Gasteiger partial charge in [-0.25, -0.2) is 0 Å². The summed E-state index contributed by atoms with van der Waals surface area (Å²) in [5.74, 6) is 1.19. The lowest BCUT2D eigenvalue weighted by Gasteiger charge is -2.18. The van der Waals surface area contributed by atoms with E-state index in [1.807, 2.05) is 47.4 Å².